The number of carbonyl (C=O) groups excluding carboxylic acids is 1. The van der Waals surface area contributed by atoms with E-state index in [4.69, 9.17) is 14.9 Å². The summed E-state index contributed by atoms with van der Waals surface area (Å²) in [6.07, 6.45) is 1.05. The zero-order valence-corrected chi connectivity index (χ0v) is 15.8. The molecule has 132 valence electrons. The maximum atomic E-state index is 12.9. The van der Waals surface area contributed by atoms with Crippen molar-refractivity contribution in [2.45, 2.75) is 51.5 Å². The summed E-state index contributed by atoms with van der Waals surface area (Å²) in [6.45, 7) is 7.97. The Morgan fingerprint density at radius 1 is 1.44 bits per heavy atom. The summed E-state index contributed by atoms with van der Waals surface area (Å²) in [6, 6.07) is 4.05. The molecule has 0 radical (unpaired) electrons. The highest BCUT2D eigenvalue weighted by molar-refractivity contribution is 7.99. The summed E-state index contributed by atoms with van der Waals surface area (Å²) < 4.78 is 11.5. The smallest absolute Gasteiger partial charge is 0.205 e. The molecule has 1 aromatic heterocycles. The van der Waals surface area contributed by atoms with Crippen LogP contribution in [0.25, 0.3) is 0 Å². The van der Waals surface area contributed by atoms with Gasteiger partial charge in [0.15, 0.2) is 10.9 Å². The van der Waals surface area contributed by atoms with Crippen molar-refractivity contribution in [3.63, 3.8) is 0 Å². The quantitative estimate of drug-likeness (QED) is 0.816. The normalized spacial score (nSPS) is 22.5. The minimum absolute atomic E-state index is 0.0165. The third-order valence-corrected chi connectivity index (χ3v) is 5.38. The van der Waals surface area contributed by atoms with Gasteiger partial charge in [0.2, 0.25) is 5.88 Å². The fourth-order valence-corrected chi connectivity index (χ4v) is 4.35. The molecule has 0 saturated carbocycles. The Balaban J connectivity index is 2.20. The fraction of sp³-hybridized carbons (Fsp3) is 0.474. The molecule has 1 unspecified atom stereocenters. The lowest BCUT2D eigenvalue weighted by Gasteiger charge is -2.37. The van der Waals surface area contributed by atoms with Gasteiger partial charge in [-0.05, 0) is 24.2 Å². The molecule has 1 aliphatic heterocycles. The zero-order valence-electron chi connectivity index (χ0n) is 14.9. The molecular formula is C19H22N2O3S. The number of aryl methyl sites for hydroxylation is 1. The first-order valence-corrected chi connectivity index (χ1v) is 9.33. The number of hydrogen-bond donors (Lipinski definition) is 1. The summed E-state index contributed by atoms with van der Waals surface area (Å²) >= 11 is 1.56. The summed E-state index contributed by atoms with van der Waals surface area (Å²) in [4.78, 5) is 12.9. The summed E-state index contributed by atoms with van der Waals surface area (Å²) in [5.41, 5.74) is 7.53. The fourth-order valence-electron chi connectivity index (χ4n) is 3.55. The molecule has 0 amide bonds. The van der Waals surface area contributed by atoms with Crippen LogP contribution in [-0.4, -0.2) is 11.5 Å². The summed E-state index contributed by atoms with van der Waals surface area (Å²) in [5, 5.41) is 10.4. The highest BCUT2D eigenvalue weighted by atomic mass is 32.2. The topological polar surface area (TPSA) is 89.2 Å². The number of rotatable bonds is 3. The molecule has 2 aliphatic rings. The van der Waals surface area contributed by atoms with Gasteiger partial charge in [0.05, 0.1) is 5.92 Å². The molecule has 3 rings (SSSR count). The van der Waals surface area contributed by atoms with Crippen LogP contribution in [0.3, 0.4) is 0 Å². The first kappa shape index (κ1) is 17.7. The van der Waals surface area contributed by atoms with E-state index in [1.54, 1.807) is 11.8 Å². The third kappa shape index (κ3) is 3.09. The number of allylic oxidation sites excluding steroid dienone is 3. The van der Waals surface area contributed by atoms with E-state index in [1.807, 2.05) is 33.8 Å². The Kier molecular flexibility index (Phi) is 4.46. The molecule has 2 heterocycles. The van der Waals surface area contributed by atoms with E-state index in [1.165, 1.54) is 0 Å². The SMILES string of the molecule is CCSc1oc(C)cc1C1C(C#N)=C(N)OC2=C1C(=O)CC(C)(C)C2. The van der Waals surface area contributed by atoms with E-state index in [0.717, 1.165) is 22.2 Å². The first-order valence-electron chi connectivity index (χ1n) is 8.34. The molecule has 0 fully saturated rings. The molecule has 1 atom stereocenters. The van der Waals surface area contributed by atoms with Crippen LogP contribution in [0, 0.1) is 23.7 Å². The second kappa shape index (κ2) is 6.30. The predicted octanol–water partition coefficient (Wildman–Crippen LogP) is 4.15. The molecule has 0 aromatic carbocycles. The molecule has 0 bridgehead atoms. The molecule has 1 aromatic rings. The van der Waals surface area contributed by atoms with E-state index in [9.17, 15) is 10.1 Å². The Hall–Kier alpha value is -2.13. The second-order valence-corrected chi connectivity index (χ2v) is 8.47. The van der Waals surface area contributed by atoms with Gasteiger partial charge in [0.25, 0.3) is 0 Å². The molecule has 25 heavy (non-hydrogen) atoms. The van der Waals surface area contributed by atoms with Gasteiger partial charge in [-0.25, -0.2) is 0 Å². The molecule has 0 saturated heterocycles. The van der Waals surface area contributed by atoms with Crippen LogP contribution in [0.1, 0.15) is 50.9 Å². The number of nitrogens with two attached hydrogens (primary N) is 1. The maximum Gasteiger partial charge on any atom is 0.205 e. The number of nitrogens with zero attached hydrogens (tertiary/aromatic N) is 1. The summed E-state index contributed by atoms with van der Waals surface area (Å²) in [5.74, 6) is 1.76. The number of furan rings is 1. The maximum absolute atomic E-state index is 12.9. The monoisotopic (exact) mass is 358 g/mol. The van der Waals surface area contributed by atoms with Crippen LogP contribution in [-0.2, 0) is 9.53 Å². The number of hydrogen-bond acceptors (Lipinski definition) is 6. The minimum atomic E-state index is -0.510. The highest BCUT2D eigenvalue weighted by Gasteiger charge is 2.44. The number of nitriles is 1. The predicted molar refractivity (Wildman–Crippen MR) is 95.5 cm³/mol. The van der Waals surface area contributed by atoms with Crippen LogP contribution in [0.15, 0.2) is 38.4 Å². The molecule has 5 nitrogen and oxygen atoms in total. The van der Waals surface area contributed by atoms with E-state index < -0.39 is 5.92 Å². The largest absolute Gasteiger partial charge is 0.455 e. The van der Waals surface area contributed by atoms with Crippen molar-refractivity contribution in [2.75, 3.05) is 5.75 Å². The Bertz CT molecular complexity index is 839. The molecule has 1 aliphatic carbocycles. The Morgan fingerprint density at radius 2 is 2.16 bits per heavy atom. The highest BCUT2D eigenvalue weighted by Crippen LogP contribution is 2.49. The van der Waals surface area contributed by atoms with Crippen molar-refractivity contribution in [3.05, 3.63) is 40.2 Å². The van der Waals surface area contributed by atoms with Crippen LogP contribution >= 0.6 is 11.8 Å². The van der Waals surface area contributed by atoms with Gasteiger partial charge in [0, 0.05) is 24.0 Å². The van der Waals surface area contributed by atoms with E-state index >= 15 is 0 Å². The number of carbonyl (C=O) groups is 1. The van der Waals surface area contributed by atoms with Gasteiger partial charge < -0.3 is 14.9 Å². The van der Waals surface area contributed by atoms with Crippen molar-refractivity contribution < 1.29 is 13.9 Å². The van der Waals surface area contributed by atoms with E-state index in [0.29, 0.717) is 24.2 Å². The van der Waals surface area contributed by atoms with Crippen LogP contribution in [0.4, 0.5) is 0 Å². The van der Waals surface area contributed by atoms with Crippen LogP contribution < -0.4 is 5.73 Å². The van der Waals surface area contributed by atoms with Crippen molar-refractivity contribution in [1.82, 2.24) is 0 Å². The van der Waals surface area contributed by atoms with E-state index in [2.05, 4.69) is 6.07 Å². The van der Waals surface area contributed by atoms with Gasteiger partial charge in [-0.3, -0.25) is 4.79 Å². The lowest BCUT2D eigenvalue weighted by Crippen LogP contribution is -2.33. The van der Waals surface area contributed by atoms with Crippen molar-refractivity contribution in [2.24, 2.45) is 11.1 Å². The standard InChI is InChI=1S/C19H22N2O3S/c1-5-25-18-11(6-10(2)23-18)15-12(9-20)17(21)24-14-8-19(3,4)7-13(22)16(14)15/h6,15H,5,7-8,21H2,1-4H3. The van der Waals surface area contributed by atoms with Gasteiger partial charge in [-0.2, -0.15) is 5.26 Å². The Morgan fingerprint density at radius 3 is 2.80 bits per heavy atom. The lowest BCUT2D eigenvalue weighted by molar-refractivity contribution is -0.119. The van der Waals surface area contributed by atoms with Gasteiger partial charge in [0.1, 0.15) is 23.2 Å². The summed E-state index contributed by atoms with van der Waals surface area (Å²) in [7, 11) is 0. The molecule has 6 heteroatoms. The molecular weight excluding hydrogens is 336 g/mol. The first-order chi connectivity index (χ1) is 11.8. The zero-order chi connectivity index (χ0) is 18.4. The molecule has 0 spiro atoms. The number of thioether (sulfide) groups is 1. The number of Topliss-reactive ketones (excluding diaryl/α,β-unsaturated/α-hetero) is 1. The number of ketones is 1. The Labute approximate surface area is 151 Å². The van der Waals surface area contributed by atoms with Crippen molar-refractivity contribution >= 4 is 17.5 Å². The van der Waals surface area contributed by atoms with Crippen molar-refractivity contribution in [3.8, 4) is 6.07 Å². The minimum Gasteiger partial charge on any atom is -0.455 e. The van der Waals surface area contributed by atoms with E-state index in [-0.39, 0.29) is 22.7 Å². The lowest BCUT2D eigenvalue weighted by atomic mass is 9.70. The third-order valence-electron chi connectivity index (χ3n) is 4.51. The number of ether oxygens (including phenoxy) is 1. The average Bonchev–Trinajstić information content (AvgIpc) is 2.85. The van der Waals surface area contributed by atoms with Crippen LogP contribution in [0.5, 0.6) is 0 Å². The molecule has 2 N–H and O–H groups in total. The van der Waals surface area contributed by atoms with Gasteiger partial charge >= 0.3 is 0 Å². The van der Waals surface area contributed by atoms with Gasteiger partial charge in [-0.15, -0.1) is 0 Å². The van der Waals surface area contributed by atoms with Gasteiger partial charge in [-0.1, -0.05) is 32.5 Å². The van der Waals surface area contributed by atoms with Crippen LogP contribution in [0.2, 0.25) is 0 Å². The average molecular weight is 358 g/mol. The van der Waals surface area contributed by atoms with Crippen molar-refractivity contribution in [1.29, 1.82) is 5.26 Å². The second-order valence-electron chi connectivity index (χ2n) is 7.24.